The van der Waals surface area contributed by atoms with Crippen molar-refractivity contribution in [1.29, 1.82) is 0 Å². The van der Waals surface area contributed by atoms with Crippen molar-refractivity contribution in [1.82, 2.24) is 4.31 Å². The zero-order chi connectivity index (χ0) is 20.0. The van der Waals surface area contributed by atoms with Crippen LogP contribution >= 0.6 is 11.8 Å². The van der Waals surface area contributed by atoms with Crippen LogP contribution in [-0.4, -0.2) is 44.5 Å². The van der Waals surface area contributed by atoms with Crippen LogP contribution in [0.3, 0.4) is 0 Å². The van der Waals surface area contributed by atoms with E-state index in [-0.39, 0.29) is 17.3 Å². The smallest absolute Gasteiger partial charge is 0.243 e. The fourth-order valence-corrected chi connectivity index (χ4v) is 5.30. The van der Waals surface area contributed by atoms with Crippen molar-refractivity contribution in [2.24, 2.45) is 0 Å². The molecule has 0 aliphatic carbocycles. The molecule has 6 nitrogen and oxygen atoms in total. The first-order valence-electron chi connectivity index (χ1n) is 9.27. The van der Waals surface area contributed by atoms with Crippen molar-refractivity contribution in [2.45, 2.75) is 29.1 Å². The minimum Gasteiger partial charge on any atom is -0.375 e. The Morgan fingerprint density at radius 2 is 1.82 bits per heavy atom. The van der Waals surface area contributed by atoms with E-state index in [2.05, 4.69) is 10.6 Å². The fraction of sp³-hybridized carbons (Fsp3) is 0.350. The molecule has 0 spiro atoms. The number of benzene rings is 2. The lowest BCUT2D eigenvalue weighted by molar-refractivity contribution is -0.114. The van der Waals surface area contributed by atoms with Gasteiger partial charge in [-0.05, 0) is 49.4 Å². The molecule has 1 aliphatic rings. The number of anilines is 2. The van der Waals surface area contributed by atoms with Gasteiger partial charge in [-0.3, -0.25) is 4.79 Å². The SMILES string of the molecule is CSc1ccccc1NCC(=O)Nc1cccc(S(=O)(=O)N2CCCCC2)c1. The Labute approximate surface area is 170 Å². The molecule has 28 heavy (non-hydrogen) atoms. The summed E-state index contributed by atoms with van der Waals surface area (Å²) in [5, 5.41) is 5.90. The molecular weight excluding hydrogens is 394 g/mol. The van der Waals surface area contributed by atoms with E-state index in [0.29, 0.717) is 18.8 Å². The van der Waals surface area contributed by atoms with E-state index < -0.39 is 10.0 Å². The number of rotatable bonds is 7. The second-order valence-electron chi connectivity index (χ2n) is 6.59. The van der Waals surface area contributed by atoms with Crippen LogP contribution in [0.25, 0.3) is 0 Å². The molecule has 0 atom stereocenters. The largest absolute Gasteiger partial charge is 0.375 e. The highest BCUT2D eigenvalue weighted by Gasteiger charge is 2.26. The normalized spacial score (nSPS) is 15.2. The minimum absolute atomic E-state index is 0.0979. The van der Waals surface area contributed by atoms with Gasteiger partial charge in [0.1, 0.15) is 0 Å². The zero-order valence-corrected chi connectivity index (χ0v) is 17.5. The number of carbonyl (C=O) groups is 1. The van der Waals surface area contributed by atoms with Gasteiger partial charge in [-0.15, -0.1) is 11.8 Å². The number of nitrogens with zero attached hydrogens (tertiary/aromatic N) is 1. The summed E-state index contributed by atoms with van der Waals surface area (Å²) in [5.41, 5.74) is 1.37. The van der Waals surface area contributed by atoms with Crippen LogP contribution in [0, 0.1) is 0 Å². The quantitative estimate of drug-likeness (QED) is 0.670. The maximum Gasteiger partial charge on any atom is 0.243 e. The van der Waals surface area contributed by atoms with E-state index in [4.69, 9.17) is 0 Å². The third-order valence-electron chi connectivity index (χ3n) is 4.62. The zero-order valence-electron chi connectivity index (χ0n) is 15.8. The summed E-state index contributed by atoms with van der Waals surface area (Å²) < 4.78 is 27.1. The first-order valence-corrected chi connectivity index (χ1v) is 11.9. The predicted molar refractivity (Wildman–Crippen MR) is 114 cm³/mol. The Bertz CT molecular complexity index is 926. The molecule has 0 bridgehead atoms. The molecular formula is C20H25N3O3S2. The van der Waals surface area contributed by atoms with Gasteiger partial charge in [0.2, 0.25) is 15.9 Å². The number of hydrogen-bond donors (Lipinski definition) is 2. The van der Waals surface area contributed by atoms with Crippen molar-refractivity contribution in [3.05, 3.63) is 48.5 Å². The van der Waals surface area contributed by atoms with Gasteiger partial charge in [-0.1, -0.05) is 24.6 Å². The highest BCUT2D eigenvalue weighted by molar-refractivity contribution is 7.98. The van der Waals surface area contributed by atoms with Gasteiger partial charge >= 0.3 is 0 Å². The summed E-state index contributed by atoms with van der Waals surface area (Å²) in [6, 6.07) is 14.2. The maximum absolute atomic E-state index is 12.8. The summed E-state index contributed by atoms with van der Waals surface area (Å²) >= 11 is 1.60. The standard InChI is InChI=1S/C20H25N3O3S2/c1-27-19-11-4-3-10-18(19)21-15-20(24)22-16-8-7-9-17(14-16)28(25,26)23-12-5-2-6-13-23/h3-4,7-11,14,21H,2,5-6,12-13,15H2,1H3,(H,22,24). The molecule has 1 aliphatic heterocycles. The van der Waals surface area contributed by atoms with E-state index in [1.165, 1.54) is 10.4 Å². The molecule has 1 heterocycles. The molecule has 150 valence electrons. The van der Waals surface area contributed by atoms with Crippen molar-refractivity contribution in [3.8, 4) is 0 Å². The summed E-state index contributed by atoms with van der Waals surface area (Å²) in [6.07, 6.45) is 4.82. The summed E-state index contributed by atoms with van der Waals surface area (Å²) in [4.78, 5) is 13.6. The number of amides is 1. The first-order chi connectivity index (χ1) is 13.5. The van der Waals surface area contributed by atoms with Gasteiger partial charge in [0.05, 0.1) is 11.4 Å². The molecule has 3 rings (SSSR count). The summed E-state index contributed by atoms with van der Waals surface area (Å²) in [6.45, 7) is 1.20. The van der Waals surface area contributed by atoms with Crippen LogP contribution in [0.2, 0.25) is 0 Å². The van der Waals surface area contributed by atoms with Crippen molar-refractivity contribution < 1.29 is 13.2 Å². The lowest BCUT2D eigenvalue weighted by Gasteiger charge is -2.26. The van der Waals surface area contributed by atoms with Gasteiger partial charge < -0.3 is 10.6 Å². The number of para-hydroxylation sites is 1. The molecule has 0 aromatic heterocycles. The number of piperidine rings is 1. The van der Waals surface area contributed by atoms with Crippen LogP contribution in [0.1, 0.15) is 19.3 Å². The Balaban J connectivity index is 1.64. The summed E-state index contributed by atoms with van der Waals surface area (Å²) in [5.74, 6) is -0.233. The molecule has 0 saturated carbocycles. The van der Waals surface area contributed by atoms with Crippen LogP contribution in [0.4, 0.5) is 11.4 Å². The van der Waals surface area contributed by atoms with Crippen molar-refractivity contribution in [3.63, 3.8) is 0 Å². The van der Waals surface area contributed by atoms with Gasteiger partial charge in [0, 0.05) is 29.4 Å². The minimum atomic E-state index is -3.52. The van der Waals surface area contributed by atoms with E-state index in [1.807, 2.05) is 30.5 Å². The predicted octanol–water partition coefficient (Wildman–Crippen LogP) is 3.63. The number of thioether (sulfide) groups is 1. The number of carbonyl (C=O) groups excluding carboxylic acids is 1. The van der Waals surface area contributed by atoms with Gasteiger partial charge in [0.15, 0.2) is 0 Å². The van der Waals surface area contributed by atoms with Crippen molar-refractivity contribution >= 4 is 39.1 Å². The van der Waals surface area contributed by atoms with E-state index in [0.717, 1.165) is 29.8 Å². The molecule has 2 N–H and O–H groups in total. The average molecular weight is 420 g/mol. The Morgan fingerprint density at radius 1 is 1.07 bits per heavy atom. The molecule has 0 unspecified atom stereocenters. The molecule has 2 aromatic rings. The monoisotopic (exact) mass is 419 g/mol. The molecule has 8 heteroatoms. The number of nitrogens with one attached hydrogen (secondary N) is 2. The molecule has 2 aromatic carbocycles. The summed E-state index contributed by atoms with van der Waals surface area (Å²) in [7, 11) is -3.52. The van der Waals surface area contributed by atoms with Crippen LogP contribution < -0.4 is 10.6 Å². The van der Waals surface area contributed by atoms with Crippen LogP contribution in [-0.2, 0) is 14.8 Å². The molecule has 1 fully saturated rings. The fourth-order valence-electron chi connectivity index (χ4n) is 3.16. The first kappa shape index (κ1) is 20.7. The third kappa shape index (κ3) is 5.06. The number of hydrogen-bond acceptors (Lipinski definition) is 5. The Hall–Kier alpha value is -2.03. The second kappa shape index (κ2) is 9.45. The molecule has 1 amide bonds. The lowest BCUT2D eigenvalue weighted by Crippen LogP contribution is -2.35. The molecule has 1 saturated heterocycles. The second-order valence-corrected chi connectivity index (χ2v) is 9.38. The van der Waals surface area contributed by atoms with Gasteiger partial charge in [0.25, 0.3) is 0 Å². The van der Waals surface area contributed by atoms with Crippen molar-refractivity contribution in [2.75, 3.05) is 36.5 Å². The topological polar surface area (TPSA) is 78.5 Å². The highest BCUT2D eigenvalue weighted by atomic mass is 32.2. The number of sulfonamides is 1. The highest BCUT2D eigenvalue weighted by Crippen LogP contribution is 2.25. The average Bonchev–Trinajstić information content (AvgIpc) is 2.73. The van der Waals surface area contributed by atoms with Crippen LogP contribution in [0.5, 0.6) is 0 Å². The third-order valence-corrected chi connectivity index (χ3v) is 7.31. The lowest BCUT2D eigenvalue weighted by atomic mass is 10.2. The molecule has 0 radical (unpaired) electrons. The maximum atomic E-state index is 12.8. The van der Waals surface area contributed by atoms with Gasteiger partial charge in [-0.25, -0.2) is 8.42 Å². The van der Waals surface area contributed by atoms with Crippen LogP contribution in [0.15, 0.2) is 58.3 Å². The van der Waals surface area contributed by atoms with Gasteiger partial charge in [-0.2, -0.15) is 4.31 Å². The Morgan fingerprint density at radius 3 is 2.57 bits per heavy atom. The Kier molecular flexibility index (Phi) is 6.98. The van der Waals surface area contributed by atoms with E-state index in [9.17, 15) is 13.2 Å². The van der Waals surface area contributed by atoms with E-state index in [1.54, 1.807) is 30.0 Å². The van der Waals surface area contributed by atoms with E-state index >= 15 is 0 Å².